The number of carbonyl (C=O) groups excluding carboxylic acids is 2. The Morgan fingerprint density at radius 2 is 2.07 bits per heavy atom. The third-order valence-corrected chi connectivity index (χ3v) is 1.85. The second-order valence-corrected chi connectivity index (χ2v) is 3.00. The zero-order valence-electron chi connectivity index (χ0n) is 7.56. The number of rotatable bonds is 1. The molecule has 1 unspecified atom stereocenters. The van der Waals surface area contributed by atoms with Crippen LogP contribution in [0.4, 0.5) is 13.2 Å². The van der Waals surface area contributed by atoms with Gasteiger partial charge in [0.1, 0.15) is 0 Å². The molecule has 1 rings (SSSR count). The summed E-state index contributed by atoms with van der Waals surface area (Å²) >= 11 is 0. The first-order valence-corrected chi connectivity index (χ1v) is 4.22. The number of hydroxylamine groups is 1. The van der Waals surface area contributed by atoms with Gasteiger partial charge in [-0.1, -0.05) is 0 Å². The van der Waals surface area contributed by atoms with E-state index in [2.05, 4.69) is 10.2 Å². The SMILES string of the molecule is O=C(NOC(=O)C(F)(F)F)C1CCCN1. The van der Waals surface area contributed by atoms with Gasteiger partial charge in [0.25, 0.3) is 5.91 Å². The van der Waals surface area contributed by atoms with Gasteiger partial charge in [0.05, 0.1) is 6.04 Å². The van der Waals surface area contributed by atoms with Gasteiger partial charge in [0, 0.05) is 0 Å². The molecule has 0 aromatic carbocycles. The van der Waals surface area contributed by atoms with Crippen LogP contribution >= 0.6 is 0 Å². The summed E-state index contributed by atoms with van der Waals surface area (Å²) in [6.07, 6.45) is -3.84. The molecule has 1 fully saturated rings. The van der Waals surface area contributed by atoms with E-state index in [0.717, 1.165) is 6.42 Å². The molecule has 1 aliphatic heterocycles. The van der Waals surface area contributed by atoms with Crippen LogP contribution in [0.1, 0.15) is 12.8 Å². The van der Waals surface area contributed by atoms with Crippen LogP contribution in [0, 0.1) is 0 Å². The minimum atomic E-state index is -5.10. The maximum absolute atomic E-state index is 11.6. The molecule has 2 N–H and O–H groups in total. The molecule has 1 saturated heterocycles. The van der Waals surface area contributed by atoms with E-state index >= 15 is 0 Å². The Labute approximate surface area is 82.9 Å². The first kappa shape index (κ1) is 11.8. The van der Waals surface area contributed by atoms with Gasteiger partial charge in [0.15, 0.2) is 0 Å². The van der Waals surface area contributed by atoms with E-state index in [-0.39, 0.29) is 0 Å². The fourth-order valence-corrected chi connectivity index (χ4v) is 1.13. The Balaban J connectivity index is 2.30. The molecule has 5 nitrogen and oxygen atoms in total. The largest absolute Gasteiger partial charge is 0.493 e. The van der Waals surface area contributed by atoms with Crippen molar-refractivity contribution in [2.75, 3.05) is 6.54 Å². The molecule has 0 bridgehead atoms. The highest BCUT2D eigenvalue weighted by molar-refractivity contribution is 5.83. The van der Waals surface area contributed by atoms with Crippen LogP contribution in [0.15, 0.2) is 0 Å². The summed E-state index contributed by atoms with van der Waals surface area (Å²) in [6, 6.07) is -0.592. The van der Waals surface area contributed by atoms with Gasteiger partial charge in [-0.2, -0.15) is 18.7 Å². The third kappa shape index (κ3) is 3.39. The van der Waals surface area contributed by atoms with Gasteiger partial charge in [-0.05, 0) is 19.4 Å². The van der Waals surface area contributed by atoms with E-state index in [9.17, 15) is 22.8 Å². The fraction of sp³-hybridized carbons (Fsp3) is 0.714. The molecule has 1 heterocycles. The predicted molar refractivity (Wildman–Crippen MR) is 41.3 cm³/mol. The lowest BCUT2D eigenvalue weighted by molar-refractivity contribution is -0.207. The van der Waals surface area contributed by atoms with Gasteiger partial charge in [0.2, 0.25) is 0 Å². The molecule has 0 radical (unpaired) electrons. The van der Waals surface area contributed by atoms with Crippen LogP contribution in [-0.4, -0.2) is 30.6 Å². The highest BCUT2D eigenvalue weighted by Gasteiger charge is 2.42. The van der Waals surface area contributed by atoms with Gasteiger partial charge < -0.3 is 10.2 Å². The van der Waals surface area contributed by atoms with Crippen molar-refractivity contribution < 1.29 is 27.6 Å². The van der Waals surface area contributed by atoms with Crippen LogP contribution in [0.5, 0.6) is 0 Å². The number of amides is 1. The lowest BCUT2D eigenvalue weighted by Gasteiger charge is -2.11. The van der Waals surface area contributed by atoms with E-state index in [1.807, 2.05) is 0 Å². The van der Waals surface area contributed by atoms with E-state index in [1.54, 1.807) is 0 Å². The number of nitrogens with one attached hydrogen (secondary N) is 2. The lowest BCUT2D eigenvalue weighted by atomic mass is 10.2. The maximum Gasteiger partial charge on any atom is 0.493 e. The van der Waals surface area contributed by atoms with Gasteiger partial charge in [-0.25, -0.2) is 4.79 Å². The van der Waals surface area contributed by atoms with Crippen molar-refractivity contribution in [3.05, 3.63) is 0 Å². The van der Waals surface area contributed by atoms with Crippen LogP contribution < -0.4 is 10.8 Å². The molecular formula is C7H9F3N2O3. The quantitative estimate of drug-likeness (QED) is 0.611. The van der Waals surface area contributed by atoms with E-state index in [1.165, 1.54) is 5.48 Å². The van der Waals surface area contributed by atoms with Crippen molar-refractivity contribution in [2.45, 2.75) is 25.1 Å². The summed E-state index contributed by atoms with van der Waals surface area (Å²) in [6.45, 7) is 0.616. The first-order chi connectivity index (χ1) is 6.91. The van der Waals surface area contributed by atoms with Crippen molar-refractivity contribution in [3.8, 4) is 0 Å². The zero-order chi connectivity index (χ0) is 11.5. The summed E-state index contributed by atoms with van der Waals surface area (Å²) in [5.41, 5.74) is 1.46. The summed E-state index contributed by atoms with van der Waals surface area (Å²) in [4.78, 5) is 24.8. The summed E-state index contributed by atoms with van der Waals surface area (Å²) in [7, 11) is 0. The lowest BCUT2D eigenvalue weighted by Crippen LogP contribution is -2.43. The minimum Gasteiger partial charge on any atom is -0.332 e. The van der Waals surface area contributed by atoms with Gasteiger partial charge >= 0.3 is 12.1 Å². The van der Waals surface area contributed by atoms with Crippen LogP contribution in [0.25, 0.3) is 0 Å². The van der Waals surface area contributed by atoms with Crippen LogP contribution in [0.2, 0.25) is 0 Å². The molecule has 1 aliphatic rings. The Hall–Kier alpha value is -1.31. The van der Waals surface area contributed by atoms with Crippen molar-refractivity contribution in [2.24, 2.45) is 0 Å². The monoisotopic (exact) mass is 226 g/mol. The van der Waals surface area contributed by atoms with Gasteiger partial charge in [-0.3, -0.25) is 4.79 Å². The topological polar surface area (TPSA) is 67.4 Å². The van der Waals surface area contributed by atoms with Crippen molar-refractivity contribution in [1.29, 1.82) is 0 Å². The first-order valence-electron chi connectivity index (χ1n) is 4.22. The standard InChI is InChI=1S/C7H9F3N2O3/c8-7(9,10)6(14)15-12-5(13)4-2-1-3-11-4/h4,11H,1-3H2,(H,12,13). The van der Waals surface area contributed by atoms with E-state index in [4.69, 9.17) is 0 Å². The molecule has 86 valence electrons. The third-order valence-electron chi connectivity index (χ3n) is 1.85. The van der Waals surface area contributed by atoms with Crippen molar-refractivity contribution >= 4 is 11.9 Å². The van der Waals surface area contributed by atoms with Gasteiger partial charge in [-0.15, -0.1) is 0 Å². The van der Waals surface area contributed by atoms with E-state index in [0.29, 0.717) is 13.0 Å². The Kier molecular flexibility index (Phi) is 3.51. The summed E-state index contributed by atoms with van der Waals surface area (Å²) in [5.74, 6) is -3.21. The smallest absolute Gasteiger partial charge is 0.332 e. The second-order valence-electron chi connectivity index (χ2n) is 3.00. The highest BCUT2D eigenvalue weighted by Crippen LogP contribution is 2.15. The molecule has 0 aromatic rings. The number of hydrogen-bond donors (Lipinski definition) is 2. The summed E-state index contributed by atoms with van der Waals surface area (Å²) < 4.78 is 34.9. The average Bonchev–Trinajstić information content (AvgIpc) is 2.64. The molecule has 1 atom stereocenters. The Morgan fingerprint density at radius 3 is 2.53 bits per heavy atom. The number of carbonyl (C=O) groups is 2. The number of halogens is 3. The molecule has 0 spiro atoms. The molecule has 15 heavy (non-hydrogen) atoms. The number of hydrogen-bond acceptors (Lipinski definition) is 4. The molecule has 0 aromatic heterocycles. The predicted octanol–water partition coefficient (Wildman–Crippen LogP) is -0.125. The normalized spacial score (nSPS) is 21.1. The van der Waals surface area contributed by atoms with Crippen molar-refractivity contribution in [3.63, 3.8) is 0 Å². The maximum atomic E-state index is 11.6. The fourth-order valence-electron chi connectivity index (χ4n) is 1.13. The minimum absolute atomic E-state index is 0.509. The zero-order valence-corrected chi connectivity index (χ0v) is 7.56. The molecule has 0 aliphatic carbocycles. The molecule has 1 amide bonds. The number of alkyl halides is 3. The Bertz CT molecular complexity index is 261. The highest BCUT2D eigenvalue weighted by atomic mass is 19.4. The Morgan fingerprint density at radius 1 is 1.40 bits per heavy atom. The molecule has 0 saturated carbocycles. The van der Waals surface area contributed by atoms with Crippen LogP contribution in [-0.2, 0) is 14.4 Å². The average molecular weight is 226 g/mol. The molecule has 8 heteroatoms. The van der Waals surface area contributed by atoms with E-state index < -0.39 is 24.1 Å². The summed E-state index contributed by atoms with van der Waals surface area (Å²) in [5, 5.41) is 2.73. The van der Waals surface area contributed by atoms with Crippen molar-refractivity contribution in [1.82, 2.24) is 10.8 Å². The van der Waals surface area contributed by atoms with Crippen LogP contribution in [0.3, 0.4) is 0 Å². The molecular weight excluding hydrogens is 217 g/mol. The second kappa shape index (κ2) is 4.47.